The Bertz CT molecular complexity index is 416. The topological polar surface area (TPSA) is 47.6 Å². The number of carbonyl (C=O) groups excluding carboxylic acids is 1. The summed E-state index contributed by atoms with van der Waals surface area (Å²) in [4.78, 5) is 18.1. The van der Waals surface area contributed by atoms with E-state index < -0.39 is 0 Å². The molecule has 0 atom stereocenters. The summed E-state index contributed by atoms with van der Waals surface area (Å²) in [6.07, 6.45) is 4.69. The van der Waals surface area contributed by atoms with E-state index in [0.717, 1.165) is 23.5 Å². The molecule has 0 spiro atoms. The molecule has 1 aliphatic carbocycles. The number of hydroxylamine groups is 1. The van der Waals surface area contributed by atoms with Gasteiger partial charge in [0.1, 0.15) is 5.75 Å². The maximum atomic E-state index is 11.7. The number of rotatable bonds is 7. The lowest BCUT2D eigenvalue weighted by Crippen LogP contribution is -2.29. The van der Waals surface area contributed by atoms with Gasteiger partial charge in [0.25, 0.3) is 5.91 Å². The Morgan fingerprint density at radius 1 is 1.30 bits per heavy atom. The monoisotopic (exact) mass is 295 g/mol. The van der Waals surface area contributed by atoms with Crippen molar-refractivity contribution < 1.29 is 14.4 Å². The van der Waals surface area contributed by atoms with Gasteiger partial charge < -0.3 is 4.74 Å². The molecule has 5 heteroatoms. The van der Waals surface area contributed by atoms with Gasteiger partial charge in [0, 0.05) is 4.90 Å². The van der Waals surface area contributed by atoms with Crippen molar-refractivity contribution in [3.63, 3.8) is 0 Å². The first-order valence-electron chi connectivity index (χ1n) is 7.08. The molecule has 0 bridgehead atoms. The summed E-state index contributed by atoms with van der Waals surface area (Å²) in [6.45, 7) is 2.62. The van der Waals surface area contributed by atoms with Gasteiger partial charge in [0.15, 0.2) is 0 Å². The van der Waals surface area contributed by atoms with Gasteiger partial charge in [0.2, 0.25) is 0 Å². The molecular weight excluding hydrogens is 274 g/mol. The highest BCUT2D eigenvalue weighted by Gasteiger charge is 2.16. The minimum absolute atomic E-state index is 0.0872. The van der Waals surface area contributed by atoms with Crippen LogP contribution in [0.5, 0.6) is 5.75 Å². The van der Waals surface area contributed by atoms with Crippen LogP contribution in [0.2, 0.25) is 0 Å². The van der Waals surface area contributed by atoms with E-state index in [1.807, 2.05) is 31.2 Å². The van der Waals surface area contributed by atoms with Gasteiger partial charge in [-0.05, 0) is 44.0 Å². The SMILES string of the molecule is CCOc1ccc(SCC(=O)NOC2CCCC2)cc1. The molecule has 1 aromatic rings. The highest BCUT2D eigenvalue weighted by molar-refractivity contribution is 8.00. The maximum absolute atomic E-state index is 11.7. The third-order valence-corrected chi connectivity index (χ3v) is 4.16. The van der Waals surface area contributed by atoms with Crippen LogP contribution in [0.4, 0.5) is 0 Å². The first kappa shape index (κ1) is 15.2. The standard InChI is InChI=1S/C15H21NO3S/c1-2-18-12-7-9-14(10-8-12)20-11-15(17)16-19-13-5-3-4-6-13/h7-10,13H,2-6,11H2,1H3,(H,16,17). The van der Waals surface area contributed by atoms with Crippen molar-refractivity contribution in [1.29, 1.82) is 0 Å². The van der Waals surface area contributed by atoms with E-state index in [2.05, 4.69) is 5.48 Å². The Balaban J connectivity index is 1.66. The smallest absolute Gasteiger partial charge is 0.253 e. The summed E-state index contributed by atoms with van der Waals surface area (Å²) < 4.78 is 5.37. The van der Waals surface area contributed by atoms with Crippen molar-refractivity contribution in [2.24, 2.45) is 0 Å². The van der Waals surface area contributed by atoms with Crippen LogP contribution in [0.15, 0.2) is 29.2 Å². The zero-order valence-corrected chi connectivity index (χ0v) is 12.6. The van der Waals surface area contributed by atoms with E-state index in [1.54, 1.807) is 0 Å². The molecule has 0 aromatic heterocycles. The molecule has 0 saturated heterocycles. The average Bonchev–Trinajstić information content (AvgIpc) is 2.98. The van der Waals surface area contributed by atoms with Gasteiger partial charge in [-0.2, -0.15) is 0 Å². The molecule has 1 N–H and O–H groups in total. The number of ether oxygens (including phenoxy) is 1. The van der Waals surface area contributed by atoms with Crippen LogP contribution in [-0.4, -0.2) is 24.4 Å². The number of nitrogens with one attached hydrogen (secondary N) is 1. The fourth-order valence-electron chi connectivity index (χ4n) is 2.13. The van der Waals surface area contributed by atoms with Crippen LogP contribution in [0.3, 0.4) is 0 Å². The molecule has 1 aliphatic rings. The van der Waals surface area contributed by atoms with Crippen molar-refractivity contribution >= 4 is 17.7 Å². The van der Waals surface area contributed by atoms with Crippen LogP contribution < -0.4 is 10.2 Å². The summed E-state index contributed by atoms with van der Waals surface area (Å²) in [5.41, 5.74) is 2.54. The lowest BCUT2D eigenvalue weighted by atomic mass is 10.3. The van der Waals surface area contributed by atoms with Crippen molar-refractivity contribution in [2.75, 3.05) is 12.4 Å². The van der Waals surface area contributed by atoms with Crippen LogP contribution in [0.25, 0.3) is 0 Å². The second kappa shape index (κ2) is 8.17. The molecule has 1 aromatic carbocycles. The van der Waals surface area contributed by atoms with Crippen LogP contribution in [0.1, 0.15) is 32.6 Å². The molecule has 110 valence electrons. The normalized spacial score (nSPS) is 15.2. The van der Waals surface area contributed by atoms with E-state index in [1.165, 1.54) is 24.6 Å². The highest BCUT2D eigenvalue weighted by Crippen LogP contribution is 2.22. The number of thioether (sulfide) groups is 1. The third-order valence-electron chi connectivity index (χ3n) is 3.15. The largest absolute Gasteiger partial charge is 0.494 e. The van der Waals surface area contributed by atoms with E-state index in [4.69, 9.17) is 9.57 Å². The molecule has 1 amide bonds. The zero-order chi connectivity index (χ0) is 14.2. The van der Waals surface area contributed by atoms with Crippen molar-refractivity contribution in [1.82, 2.24) is 5.48 Å². The van der Waals surface area contributed by atoms with Crippen molar-refractivity contribution in [2.45, 2.75) is 43.6 Å². The molecule has 20 heavy (non-hydrogen) atoms. The Morgan fingerprint density at radius 2 is 2.00 bits per heavy atom. The van der Waals surface area contributed by atoms with Gasteiger partial charge >= 0.3 is 0 Å². The molecule has 1 saturated carbocycles. The number of hydrogen-bond acceptors (Lipinski definition) is 4. The minimum atomic E-state index is -0.0872. The summed E-state index contributed by atoms with van der Waals surface area (Å²) in [6, 6.07) is 7.75. The predicted octanol–water partition coefficient (Wildman–Crippen LogP) is 3.17. The van der Waals surface area contributed by atoms with Crippen molar-refractivity contribution in [3.05, 3.63) is 24.3 Å². The molecule has 0 heterocycles. The van der Waals surface area contributed by atoms with Crippen LogP contribution in [-0.2, 0) is 9.63 Å². The second-order valence-corrected chi connectivity index (χ2v) is 5.79. The van der Waals surface area contributed by atoms with E-state index in [-0.39, 0.29) is 12.0 Å². The second-order valence-electron chi connectivity index (χ2n) is 4.74. The quantitative estimate of drug-likeness (QED) is 0.620. The summed E-state index contributed by atoms with van der Waals surface area (Å²) in [7, 11) is 0. The van der Waals surface area contributed by atoms with E-state index in [9.17, 15) is 4.79 Å². The lowest BCUT2D eigenvalue weighted by molar-refractivity contribution is -0.135. The van der Waals surface area contributed by atoms with Gasteiger partial charge in [-0.1, -0.05) is 12.8 Å². The molecule has 0 radical (unpaired) electrons. The zero-order valence-electron chi connectivity index (χ0n) is 11.8. The first-order chi connectivity index (χ1) is 9.78. The highest BCUT2D eigenvalue weighted by atomic mass is 32.2. The molecule has 1 fully saturated rings. The first-order valence-corrected chi connectivity index (χ1v) is 8.06. The molecule has 0 aliphatic heterocycles. The number of carbonyl (C=O) groups is 1. The number of benzene rings is 1. The molecule has 0 unspecified atom stereocenters. The minimum Gasteiger partial charge on any atom is -0.494 e. The Hall–Kier alpha value is -1.20. The third kappa shape index (κ3) is 5.06. The van der Waals surface area contributed by atoms with Crippen LogP contribution >= 0.6 is 11.8 Å². The van der Waals surface area contributed by atoms with E-state index in [0.29, 0.717) is 12.4 Å². The predicted molar refractivity (Wildman–Crippen MR) is 79.8 cm³/mol. The van der Waals surface area contributed by atoms with Gasteiger partial charge in [0.05, 0.1) is 18.5 Å². The average molecular weight is 295 g/mol. The maximum Gasteiger partial charge on any atom is 0.253 e. The number of amides is 1. The molecule has 2 rings (SSSR count). The fraction of sp³-hybridized carbons (Fsp3) is 0.533. The van der Waals surface area contributed by atoms with Gasteiger partial charge in [-0.15, -0.1) is 11.8 Å². The van der Waals surface area contributed by atoms with Crippen LogP contribution in [0, 0.1) is 0 Å². The Labute approximate surface area is 124 Å². The lowest BCUT2D eigenvalue weighted by Gasteiger charge is -2.11. The fourth-order valence-corrected chi connectivity index (χ4v) is 2.82. The number of hydrogen-bond donors (Lipinski definition) is 1. The Morgan fingerprint density at radius 3 is 2.65 bits per heavy atom. The summed E-state index contributed by atoms with van der Waals surface area (Å²) in [5, 5.41) is 0. The molecular formula is C15H21NO3S. The Kier molecular flexibility index (Phi) is 6.21. The van der Waals surface area contributed by atoms with Gasteiger partial charge in [-0.25, -0.2) is 5.48 Å². The van der Waals surface area contributed by atoms with Gasteiger partial charge in [-0.3, -0.25) is 9.63 Å². The summed E-state index contributed by atoms with van der Waals surface area (Å²) in [5.74, 6) is 1.13. The van der Waals surface area contributed by atoms with Crippen molar-refractivity contribution in [3.8, 4) is 5.75 Å². The molecule has 4 nitrogen and oxygen atoms in total. The summed E-state index contributed by atoms with van der Waals surface area (Å²) >= 11 is 1.49. The van der Waals surface area contributed by atoms with E-state index >= 15 is 0 Å².